The summed E-state index contributed by atoms with van der Waals surface area (Å²) in [6.07, 6.45) is -0.462. The summed E-state index contributed by atoms with van der Waals surface area (Å²) in [5.41, 5.74) is 1.52. The lowest BCUT2D eigenvalue weighted by Gasteiger charge is -2.58. The molecule has 242 valence electrons. The largest absolute Gasteiger partial charge is 0.495 e. The summed E-state index contributed by atoms with van der Waals surface area (Å²) in [5.74, 6) is 4.90. The van der Waals surface area contributed by atoms with Crippen LogP contribution in [0, 0.1) is 23.1 Å². The third-order valence-electron chi connectivity index (χ3n) is 8.88. The lowest BCUT2D eigenvalue weighted by atomic mass is 9.75. The summed E-state index contributed by atoms with van der Waals surface area (Å²) in [5, 5.41) is 7.03. The molecule has 3 fully saturated rings. The highest BCUT2D eigenvalue weighted by atomic mass is 32.2. The summed E-state index contributed by atoms with van der Waals surface area (Å²) < 4.78 is 90.5. The molecule has 1 spiro atoms. The van der Waals surface area contributed by atoms with Gasteiger partial charge in [-0.1, -0.05) is 24.0 Å². The highest BCUT2D eigenvalue weighted by Gasteiger charge is 2.50. The van der Waals surface area contributed by atoms with Crippen molar-refractivity contribution >= 4 is 42.6 Å². The summed E-state index contributed by atoms with van der Waals surface area (Å²) in [7, 11) is -2.49. The Balaban J connectivity index is 1.17. The summed E-state index contributed by atoms with van der Waals surface area (Å²) in [4.78, 5) is 2.39. The Labute approximate surface area is 264 Å². The molecule has 2 saturated heterocycles. The maximum absolute atomic E-state index is 14.5. The Kier molecular flexibility index (Phi) is 8.71. The zero-order valence-corrected chi connectivity index (χ0v) is 26.7. The van der Waals surface area contributed by atoms with Crippen molar-refractivity contribution in [3.8, 4) is 17.6 Å². The lowest BCUT2D eigenvalue weighted by Crippen LogP contribution is -2.68. The molecule has 3 aromatic rings. The van der Waals surface area contributed by atoms with Gasteiger partial charge in [0.1, 0.15) is 16.5 Å². The Bertz CT molecular complexity index is 1740. The molecule has 1 aromatic heterocycles. The SMILES string of the molecule is COc1cc(S(C)(=O)=O)c(F)cc1NCC#Cc1sc2c(NC3CCC(N4CC5(COC5)C4)CC3)cccc2c1CC(F)(F)F. The molecular weight excluding hydrogens is 630 g/mol. The van der Waals surface area contributed by atoms with Crippen LogP contribution in [-0.4, -0.2) is 77.8 Å². The first kappa shape index (κ1) is 31.9. The predicted molar refractivity (Wildman–Crippen MR) is 168 cm³/mol. The van der Waals surface area contributed by atoms with Gasteiger partial charge in [0.15, 0.2) is 9.84 Å². The number of halogens is 4. The first-order chi connectivity index (χ1) is 21.3. The Morgan fingerprint density at radius 1 is 1.13 bits per heavy atom. The van der Waals surface area contributed by atoms with Gasteiger partial charge in [-0.05, 0) is 42.7 Å². The van der Waals surface area contributed by atoms with Crippen molar-refractivity contribution in [2.24, 2.45) is 5.41 Å². The second kappa shape index (κ2) is 12.3. The van der Waals surface area contributed by atoms with Crippen molar-refractivity contribution in [1.29, 1.82) is 0 Å². The number of thiophene rings is 1. The highest BCUT2D eigenvalue weighted by molar-refractivity contribution is 7.90. The van der Waals surface area contributed by atoms with Gasteiger partial charge in [0.25, 0.3) is 0 Å². The van der Waals surface area contributed by atoms with Gasteiger partial charge in [-0.2, -0.15) is 13.2 Å². The van der Waals surface area contributed by atoms with Crippen LogP contribution in [0.1, 0.15) is 36.1 Å². The van der Waals surface area contributed by atoms with Gasteiger partial charge in [-0.15, -0.1) is 11.3 Å². The molecule has 0 bridgehead atoms. The van der Waals surface area contributed by atoms with Crippen LogP contribution >= 0.6 is 11.3 Å². The minimum atomic E-state index is -4.42. The van der Waals surface area contributed by atoms with Crippen molar-refractivity contribution in [2.45, 2.75) is 55.3 Å². The fourth-order valence-electron chi connectivity index (χ4n) is 6.60. The molecule has 1 saturated carbocycles. The zero-order valence-electron chi connectivity index (χ0n) is 25.0. The van der Waals surface area contributed by atoms with E-state index in [0.29, 0.717) is 21.7 Å². The number of ether oxygens (including phenoxy) is 2. The Hall–Kier alpha value is -3.05. The monoisotopic (exact) mass is 665 g/mol. The summed E-state index contributed by atoms with van der Waals surface area (Å²) in [6, 6.07) is 8.31. The summed E-state index contributed by atoms with van der Waals surface area (Å²) >= 11 is 1.23. The molecule has 6 rings (SSSR count). The maximum Gasteiger partial charge on any atom is 0.393 e. The van der Waals surface area contributed by atoms with Crippen molar-refractivity contribution in [1.82, 2.24) is 4.90 Å². The van der Waals surface area contributed by atoms with Crippen LogP contribution in [0.4, 0.5) is 28.9 Å². The number of fused-ring (bicyclic) bond motifs is 1. The molecule has 0 amide bonds. The number of nitrogens with zero attached hydrogens (tertiary/aromatic N) is 1. The summed E-state index contributed by atoms with van der Waals surface area (Å²) in [6.45, 7) is 3.95. The van der Waals surface area contributed by atoms with Gasteiger partial charge in [-0.3, -0.25) is 4.90 Å². The number of methoxy groups -OCH3 is 1. The van der Waals surface area contributed by atoms with Crippen molar-refractivity contribution in [2.75, 3.05) is 56.8 Å². The van der Waals surface area contributed by atoms with Crippen LogP contribution in [0.15, 0.2) is 35.2 Å². The molecule has 3 aliphatic rings. The normalized spacial score (nSPS) is 21.5. The second-order valence-electron chi connectivity index (χ2n) is 12.3. The van der Waals surface area contributed by atoms with E-state index in [1.54, 1.807) is 12.1 Å². The number of hydrogen-bond acceptors (Lipinski definition) is 8. The van der Waals surface area contributed by atoms with E-state index >= 15 is 0 Å². The minimum Gasteiger partial charge on any atom is -0.495 e. The average molecular weight is 666 g/mol. The van der Waals surface area contributed by atoms with Crippen molar-refractivity contribution < 1.29 is 35.5 Å². The van der Waals surface area contributed by atoms with Crippen LogP contribution in [0.25, 0.3) is 10.1 Å². The Morgan fingerprint density at radius 3 is 2.49 bits per heavy atom. The number of rotatable bonds is 8. The van der Waals surface area contributed by atoms with Gasteiger partial charge in [0.05, 0.1) is 54.2 Å². The number of alkyl halides is 3. The van der Waals surface area contributed by atoms with Gasteiger partial charge in [0.2, 0.25) is 0 Å². The van der Waals surface area contributed by atoms with Crippen LogP contribution in [0.5, 0.6) is 5.75 Å². The molecule has 0 radical (unpaired) electrons. The third kappa shape index (κ3) is 6.89. The second-order valence-corrected chi connectivity index (χ2v) is 15.3. The lowest BCUT2D eigenvalue weighted by molar-refractivity contribution is -0.200. The van der Waals surface area contributed by atoms with Crippen LogP contribution in [0.2, 0.25) is 0 Å². The topological polar surface area (TPSA) is 79.9 Å². The molecule has 2 aliphatic heterocycles. The fourth-order valence-corrected chi connectivity index (χ4v) is 8.51. The van der Waals surface area contributed by atoms with Crippen LogP contribution in [-0.2, 0) is 21.0 Å². The molecular formula is C32H35F4N3O4S2. The van der Waals surface area contributed by atoms with E-state index in [-0.39, 0.29) is 29.6 Å². The van der Waals surface area contributed by atoms with E-state index < -0.39 is 33.1 Å². The van der Waals surface area contributed by atoms with E-state index in [4.69, 9.17) is 9.47 Å². The third-order valence-corrected chi connectivity index (χ3v) is 11.2. The standard InChI is InChI=1S/C32H35F4N3O4S2/c1-42-27-14-29(45(2,40)41)24(33)13-26(27)37-12-4-7-28-23(15-32(34,35)36)22-5-3-6-25(30(22)44-28)38-20-8-10-21(11-9-20)39-16-31(17-39)18-43-19-31/h3,5-6,13-14,20-21,37-38H,8-12,15-19H2,1-2H3. The van der Waals surface area contributed by atoms with E-state index in [1.165, 1.54) is 18.4 Å². The molecule has 2 aromatic carbocycles. The van der Waals surface area contributed by atoms with Gasteiger partial charge in [-0.25, -0.2) is 12.8 Å². The van der Waals surface area contributed by atoms with Crippen molar-refractivity contribution in [3.05, 3.63) is 46.6 Å². The van der Waals surface area contributed by atoms with Crippen LogP contribution < -0.4 is 15.4 Å². The predicted octanol–water partition coefficient (Wildman–Crippen LogP) is 6.08. The van der Waals surface area contributed by atoms with Crippen LogP contribution in [0.3, 0.4) is 0 Å². The number of likely N-dealkylation sites (tertiary alicyclic amines) is 1. The molecule has 45 heavy (non-hydrogen) atoms. The zero-order chi connectivity index (χ0) is 32.0. The molecule has 3 heterocycles. The van der Waals surface area contributed by atoms with E-state index in [0.717, 1.165) is 80.8 Å². The molecule has 1 aliphatic carbocycles. The maximum atomic E-state index is 14.5. The fraction of sp³-hybridized carbons (Fsp3) is 0.500. The Morgan fingerprint density at radius 2 is 1.87 bits per heavy atom. The number of hydrogen-bond donors (Lipinski definition) is 2. The molecule has 0 unspecified atom stereocenters. The number of nitrogens with one attached hydrogen (secondary N) is 2. The average Bonchev–Trinajstić information content (AvgIpc) is 3.26. The molecule has 2 N–H and O–H groups in total. The van der Waals surface area contributed by atoms with E-state index in [9.17, 15) is 26.0 Å². The van der Waals surface area contributed by atoms with Gasteiger partial charge in [0, 0.05) is 49.0 Å². The smallest absolute Gasteiger partial charge is 0.393 e. The quantitative estimate of drug-likeness (QED) is 0.223. The number of anilines is 2. The van der Waals surface area contributed by atoms with E-state index in [2.05, 4.69) is 27.4 Å². The first-order valence-electron chi connectivity index (χ1n) is 14.8. The minimum absolute atomic E-state index is 0.0345. The number of benzene rings is 2. The molecule has 7 nitrogen and oxygen atoms in total. The van der Waals surface area contributed by atoms with Gasteiger partial charge >= 0.3 is 6.18 Å². The van der Waals surface area contributed by atoms with Crippen molar-refractivity contribution in [3.63, 3.8) is 0 Å². The molecule has 0 atom stereocenters. The number of sulfone groups is 1. The highest BCUT2D eigenvalue weighted by Crippen LogP contribution is 2.43. The van der Waals surface area contributed by atoms with Gasteiger partial charge < -0.3 is 20.1 Å². The first-order valence-corrected chi connectivity index (χ1v) is 17.5. The molecule has 13 heteroatoms. The van der Waals surface area contributed by atoms with E-state index in [1.807, 2.05) is 6.07 Å².